The topological polar surface area (TPSA) is 66.9 Å². The maximum absolute atomic E-state index is 13.7. The van der Waals surface area contributed by atoms with E-state index in [0.717, 1.165) is 28.9 Å². The van der Waals surface area contributed by atoms with Crippen LogP contribution in [0, 0.1) is 0 Å². The van der Waals surface area contributed by atoms with E-state index in [0.29, 0.717) is 67.4 Å². The van der Waals surface area contributed by atoms with E-state index < -0.39 is 11.7 Å². The van der Waals surface area contributed by atoms with Crippen molar-refractivity contribution in [3.63, 3.8) is 0 Å². The molecular formula is C29H25F3N4O3. The summed E-state index contributed by atoms with van der Waals surface area (Å²) in [7, 11) is 0. The molecule has 2 aliphatic rings. The van der Waals surface area contributed by atoms with Gasteiger partial charge in [-0.25, -0.2) is 0 Å². The second-order valence-corrected chi connectivity index (χ2v) is 9.31. The number of aromatic nitrogens is 1. The zero-order chi connectivity index (χ0) is 27.0. The molecule has 2 aliphatic heterocycles. The summed E-state index contributed by atoms with van der Waals surface area (Å²) < 4.78 is 50.6. The number of hydrogen-bond donors (Lipinski definition) is 1. The molecule has 6 rings (SSSR count). The number of anilines is 2. The van der Waals surface area contributed by atoms with Gasteiger partial charge in [-0.15, -0.1) is 0 Å². The van der Waals surface area contributed by atoms with Crippen molar-refractivity contribution in [1.82, 2.24) is 10.4 Å². The maximum Gasteiger partial charge on any atom is 0.416 e. The van der Waals surface area contributed by atoms with Crippen LogP contribution in [0.1, 0.15) is 15.9 Å². The molecule has 3 aromatic carbocycles. The van der Waals surface area contributed by atoms with Crippen molar-refractivity contribution >= 4 is 28.2 Å². The van der Waals surface area contributed by atoms with E-state index >= 15 is 0 Å². The van der Waals surface area contributed by atoms with Gasteiger partial charge in [0.1, 0.15) is 12.4 Å². The van der Waals surface area contributed by atoms with Crippen LogP contribution in [0.3, 0.4) is 0 Å². The lowest BCUT2D eigenvalue weighted by molar-refractivity contribution is -0.137. The third-order valence-electron chi connectivity index (χ3n) is 6.93. The van der Waals surface area contributed by atoms with Gasteiger partial charge in [0.05, 0.1) is 47.8 Å². The number of hydrogen-bond acceptors (Lipinski definition) is 6. The van der Waals surface area contributed by atoms with Gasteiger partial charge in [0.2, 0.25) is 0 Å². The third kappa shape index (κ3) is 4.83. The van der Waals surface area contributed by atoms with Crippen LogP contribution in [0.4, 0.5) is 24.5 Å². The monoisotopic (exact) mass is 534 g/mol. The number of carbonyl (C=O) groups excluding carboxylic acids is 1. The zero-order valence-corrected chi connectivity index (χ0v) is 20.9. The van der Waals surface area contributed by atoms with Crippen molar-refractivity contribution in [2.24, 2.45) is 0 Å². The highest BCUT2D eigenvalue weighted by Gasteiger charge is 2.30. The van der Waals surface area contributed by atoms with Crippen LogP contribution in [0.2, 0.25) is 0 Å². The normalized spacial score (nSPS) is 15.6. The van der Waals surface area contributed by atoms with Crippen LogP contribution in [-0.2, 0) is 10.9 Å². The standard InChI is InChI=1S/C29H25F3N4O3/c30-29(31,32)20-10-8-19(9-11-20)21-4-3-5-22-26(21)33-18-23(27(22)35-12-15-38-16-13-35)28(37)34-36-14-17-39-25-7-2-1-6-24(25)36/h1-11,18H,12-17H2,(H,34,37). The van der Waals surface area contributed by atoms with Crippen LogP contribution >= 0.6 is 0 Å². The Morgan fingerprint density at radius 2 is 1.67 bits per heavy atom. The predicted molar refractivity (Wildman–Crippen MR) is 142 cm³/mol. The molecule has 0 aliphatic carbocycles. The van der Waals surface area contributed by atoms with Crippen molar-refractivity contribution in [2.45, 2.75) is 6.18 Å². The Morgan fingerprint density at radius 1 is 0.897 bits per heavy atom. The van der Waals surface area contributed by atoms with Gasteiger partial charge in [-0.3, -0.25) is 20.2 Å². The average Bonchev–Trinajstić information content (AvgIpc) is 2.96. The summed E-state index contributed by atoms with van der Waals surface area (Å²) in [6.45, 7) is 3.12. The molecule has 200 valence electrons. The number of morpholine rings is 1. The van der Waals surface area contributed by atoms with Gasteiger partial charge < -0.3 is 14.4 Å². The molecule has 4 aromatic rings. The summed E-state index contributed by atoms with van der Waals surface area (Å²) in [6.07, 6.45) is -2.87. The first kappa shape index (κ1) is 25.0. The lowest BCUT2D eigenvalue weighted by Crippen LogP contribution is -2.47. The highest BCUT2D eigenvalue weighted by molar-refractivity contribution is 6.10. The van der Waals surface area contributed by atoms with Crippen LogP contribution in [-0.4, -0.2) is 50.3 Å². The number of halogens is 3. The van der Waals surface area contributed by atoms with Crippen LogP contribution in [0.25, 0.3) is 22.0 Å². The fourth-order valence-corrected chi connectivity index (χ4v) is 5.04. The number of rotatable bonds is 4. The van der Waals surface area contributed by atoms with E-state index in [1.54, 1.807) is 11.2 Å². The Hall–Kier alpha value is -4.31. The van der Waals surface area contributed by atoms with Crippen molar-refractivity contribution in [3.8, 4) is 16.9 Å². The SMILES string of the molecule is O=C(NN1CCOc2ccccc21)c1cnc2c(-c3ccc(C(F)(F)F)cc3)cccc2c1N1CCOCC1. The number of alkyl halides is 3. The van der Waals surface area contributed by atoms with E-state index in [9.17, 15) is 18.0 Å². The number of nitrogens with zero attached hydrogens (tertiary/aromatic N) is 3. The largest absolute Gasteiger partial charge is 0.489 e. The number of nitrogens with one attached hydrogen (secondary N) is 1. The van der Waals surface area contributed by atoms with E-state index in [1.165, 1.54) is 12.1 Å². The van der Waals surface area contributed by atoms with Crippen molar-refractivity contribution in [3.05, 3.63) is 84.1 Å². The molecule has 3 heterocycles. The fraction of sp³-hybridized carbons (Fsp3) is 0.241. The second kappa shape index (κ2) is 10.1. The number of fused-ring (bicyclic) bond motifs is 2. The molecule has 0 bridgehead atoms. The van der Waals surface area contributed by atoms with Gasteiger partial charge in [0.25, 0.3) is 5.91 Å². The molecule has 7 nitrogen and oxygen atoms in total. The first-order valence-electron chi connectivity index (χ1n) is 12.6. The van der Waals surface area contributed by atoms with Crippen molar-refractivity contribution < 1.29 is 27.4 Å². The zero-order valence-electron chi connectivity index (χ0n) is 20.9. The molecular weight excluding hydrogens is 509 g/mol. The van der Waals surface area contributed by atoms with Gasteiger partial charge in [0.15, 0.2) is 0 Å². The first-order chi connectivity index (χ1) is 18.9. The van der Waals surface area contributed by atoms with Gasteiger partial charge in [0, 0.05) is 30.2 Å². The van der Waals surface area contributed by atoms with Crippen LogP contribution < -0.4 is 20.1 Å². The molecule has 1 aromatic heterocycles. The summed E-state index contributed by atoms with van der Waals surface area (Å²) in [4.78, 5) is 20.5. The predicted octanol–water partition coefficient (Wildman–Crippen LogP) is 5.30. The number of pyridine rings is 1. The Bertz CT molecular complexity index is 1520. The Kier molecular flexibility index (Phi) is 6.48. The lowest BCUT2D eigenvalue weighted by Gasteiger charge is -2.33. The van der Waals surface area contributed by atoms with Crippen molar-refractivity contribution in [1.29, 1.82) is 0 Å². The fourth-order valence-electron chi connectivity index (χ4n) is 5.04. The molecule has 10 heteroatoms. The van der Waals surface area contributed by atoms with Gasteiger partial charge in [-0.05, 0) is 29.8 Å². The molecule has 1 N–H and O–H groups in total. The van der Waals surface area contributed by atoms with Crippen LogP contribution in [0.5, 0.6) is 5.75 Å². The van der Waals surface area contributed by atoms with E-state index in [4.69, 9.17) is 9.47 Å². The molecule has 0 unspecified atom stereocenters. The molecule has 0 atom stereocenters. The minimum atomic E-state index is -4.41. The number of hydrazine groups is 1. The second-order valence-electron chi connectivity index (χ2n) is 9.31. The number of para-hydroxylation sites is 3. The van der Waals surface area contributed by atoms with E-state index in [1.807, 2.05) is 42.5 Å². The first-order valence-corrected chi connectivity index (χ1v) is 12.6. The van der Waals surface area contributed by atoms with E-state index in [-0.39, 0.29) is 5.91 Å². The minimum Gasteiger partial charge on any atom is -0.489 e. The Morgan fingerprint density at radius 3 is 2.44 bits per heavy atom. The summed E-state index contributed by atoms with van der Waals surface area (Å²) in [5.74, 6) is 0.373. The van der Waals surface area contributed by atoms with Crippen molar-refractivity contribution in [2.75, 3.05) is 49.4 Å². The van der Waals surface area contributed by atoms with E-state index in [2.05, 4.69) is 15.3 Å². The number of amides is 1. The summed E-state index contributed by atoms with van der Waals surface area (Å²) in [5, 5.41) is 2.51. The molecule has 0 spiro atoms. The number of benzene rings is 3. The minimum absolute atomic E-state index is 0.317. The highest BCUT2D eigenvalue weighted by Crippen LogP contribution is 2.37. The smallest absolute Gasteiger partial charge is 0.416 e. The molecule has 0 radical (unpaired) electrons. The van der Waals surface area contributed by atoms with Gasteiger partial charge in [-0.2, -0.15) is 13.2 Å². The maximum atomic E-state index is 13.7. The van der Waals surface area contributed by atoms with Gasteiger partial charge >= 0.3 is 6.18 Å². The molecule has 39 heavy (non-hydrogen) atoms. The Labute approximate surface area is 222 Å². The highest BCUT2D eigenvalue weighted by atomic mass is 19.4. The summed E-state index contributed by atoms with van der Waals surface area (Å²) in [6, 6.07) is 18.1. The molecule has 0 saturated carbocycles. The summed E-state index contributed by atoms with van der Waals surface area (Å²) >= 11 is 0. The lowest BCUT2D eigenvalue weighted by atomic mass is 9.98. The number of carbonyl (C=O) groups is 1. The average molecular weight is 535 g/mol. The summed E-state index contributed by atoms with van der Waals surface area (Å²) in [5.41, 5.74) is 6.08. The molecule has 1 saturated heterocycles. The Balaban J connectivity index is 1.42. The van der Waals surface area contributed by atoms with Crippen LogP contribution in [0.15, 0.2) is 72.9 Å². The number of ether oxygens (including phenoxy) is 2. The van der Waals surface area contributed by atoms with Gasteiger partial charge in [-0.1, -0.05) is 42.5 Å². The quantitative estimate of drug-likeness (QED) is 0.383. The third-order valence-corrected chi connectivity index (χ3v) is 6.93. The molecule has 1 amide bonds. The molecule has 1 fully saturated rings.